The molecule has 2 rings (SSSR count). The standard InChI is InChI=1S/C13H12ClF2N/c1-7(2)8-3-4-11-9(5-8)10(14)6-12(17-11)13(15)16/h3-7,13H,1-2H3. The van der Waals surface area contributed by atoms with E-state index in [1.54, 1.807) is 6.07 Å². The molecule has 1 aromatic heterocycles. The molecule has 4 heteroatoms. The molecule has 17 heavy (non-hydrogen) atoms. The van der Waals surface area contributed by atoms with Gasteiger partial charge in [-0.25, -0.2) is 13.8 Å². The van der Waals surface area contributed by atoms with Gasteiger partial charge in [-0.05, 0) is 29.7 Å². The van der Waals surface area contributed by atoms with E-state index in [0.29, 0.717) is 16.5 Å². The Kier molecular flexibility index (Phi) is 3.29. The van der Waals surface area contributed by atoms with Gasteiger partial charge in [0.2, 0.25) is 0 Å². The highest BCUT2D eigenvalue weighted by Gasteiger charge is 2.13. The summed E-state index contributed by atoms with van der Waals surface area (Å²) in [6.07, 6.45) is -2.60. The van der Waals surface area contributed by atoms with Gasteiger partial charge in [-0.1, -0.05) is 31.5 Å². The zero-order chi connectivity index (χ0) is 12.6. The van der Waals surface area contributed by atoms with Gasteiger partial charge in [-0.3, -0.25) is 0 Å². The molecule has 1 nitrogen and oxygen atoms in total. The second-order valence-corrected chi connectivity index (χ2v) is 4.67. The zero-order valence-electron chi connectivity index (χ0n) is 9.55. The third kappa shape index (κ3) is 2.39. The van der Waals surface area contributed by atoms with Gasteiger partial charge in [0.05, 0.1) is 10.5 Å². The first kappa shape index (κ1) is 12.2. The fourth-order valence-corrected chi connectivity index (χ4v) is 1.96. The summed E-state index contributed by atoms with van der Waals surface area (Å²) in [4.78, 5) is 3.90. The predicted molar refractivity (Wildman–Crippen MR) is 65.8 cm³/mol. The van der Waals surface area contributed by atoms with Gasteiger partial charge in [-0.15, -0.1) is 0 Å². The van der Waals surface area contributed by atoms with E-state index in [1.165, 1.54) is 6.07 Å². The number of rotatable bonds is 2. The maximum atomic E-state index is 12.6. The van der Waals surface area contributed by atoms with Crippen molar-refractivity contribution in [1.82, 2.24) is 4.98 Å². The molecule has 0 radical (unpaired) electrons. The molecule has 0 saturated carbocycles. The second-order valence-electron chi connectivity index (χ2n) is 4.26. The first-order valence-corrected chi connectivity index (χ1v) is 5.75. The summed E-state index contributed by atoms with van der Waals surface area (Å²) in [7, 11) is 0. The molecule has 0 unspecified atom stereocenters. The van der Waals surface area contributed by atoms with E-state index in [0.717, 1.165) is 10.9 Å². The molecule has 0 spiro atoms. The van der Waals surface area contributed by atoms with Crippen molar-refractivity contribution < 1.29 is 8.78 Å². The summed E-state index contributed by atoms with van der Waals surface area (Å²) >= 11 is 6.01. The van der Waals surface area contributed by atoms with Crippen LogP contribution in [0.3, 0.4) is 0 Å². The largest absolute Gasteiger partial charge is 0.280 e. The third-order valence-corrected chi connectivity index (χ3v) is 3.01. The number of alkyl halides is 2. The fourth-order valence-electron chi connectivity index (χ4n) is 1.69. The van der Waals surface area contributed by atoms with Gasteiger partial charge < -0.3 is 0 Å². The molecule has 0 bridgehead atoms. The van der Waals surface area contributed by atoms with Crippen LogP contribution in [-0.4, -0.2) is 4.98 Å². The average molecular weight is 256 g/mol. The van der Waals surface area contributed by atoms with Crippen LogP contribution in [0.25, 0.3) is 10.9 Å². The number of benzene rings is 1. The first-order valence-electron chi connectivity index (χ1n) is 5.37. The molecule has 1 aromatic carbocycles. The van der Waals surface area contributed by atoms with Gasteiger partial charge in [0.1, 0.15) is 5.69 Å². The van der Waals surface area contributed by atoms with Gasteiger partial charge in [-0.2, -0.15) is 0 Å². The molecule has 1 heterocycles. The number of aromatic nitrogens is 1. The minimum Gasteiger partial charge on any atom is -0.247 e. The molecule has 0 aliphatic heterocycles. The van der Waals surface area contributed by atoms with Gasteiger partial charge in [0.25, 0.3) is 6.43 Å². The van der Waals surface area contributed by atoms with Crippen molar-refractivity contribution in [2.75, 3.05) is 0 Å². The molecular weight excluding hydrogens is 244 g/mol. The number of halogens is 3. The normalized spacial score (nSPS) is 11.7. The molecule has 90 valence electrons. The summed E-state index contributed by atoms with van der Waals surface area (Å²) in [5.41, 5.74) is 1.35. The Morgan fingerprint density at radius 1 is 1.18 bits per heavy atom. The molecule has 2 aromatic rings. The zero-order valence-corrected chi connectivity index (χ0v) is 10.3. The van der Waals surface area contributed by atoms with Crippen LogP contribution in [0.2, 0.25) is 5.02 Å². The van der Waals surface area contributed by atoms with Crippen molar-refractivity contribution in [2.24, 2.45) is 0 Å². The monoisotopic (exact) mass is 255 g/mol. The van der Waals surface area contributed by atoms with E-state index >= 15 is 0 Å². The molecule has 0 aliphatic carbocycles. The lowest BCUT2D eigenvalue weighted by Gasteiger charge is -2.09. The topological polar surface area (TPSA) is 12.9 Å². The number of fused-ring (bicyclic) bond motifs is 1. The average Bonchev–Trinajstić information content (AvgIpc) is 2.28. The Labute approximate surface area is 103 Å². The molecule has 0 atom stereocenters. The Morgan fingerprint density at radius 2 is 1.88 bits per heavy atom. The molecule has 0 saturated heterocycles. The second kappa shape index (κ2) is 4.57. The lowest BCUT2D eigenvalue weighted by atomic mass is 10.0. The minimum absolute atomic E-state index is 0.278. The van der Waals surface area contributed by atoms with Crippen molar-refractivity contribution in [3.63, 3.8) is 0 Å². The van der Waals surface area contributed by atoms with Crippen molar-refractivity contribution >= 4 is 22.5 Å². The molecule has 0 amide bonds. The van der Waals surface area contributed by atoms with Crippen LogP contribution in [-0.2, 0) is 0 Å². The highest BCUT2D eigenvalue weighted by atomic mass is 35.5. The van der Waals surface area contributed by atoms with Crippen LogP contribution in [0.1, 0.15) is 37.4 Å². The quantitative estimate of drug-likeness (QED) is 0.740. The van der Waals surface area contributed by atoms with E-state index in [2.05, 4.69) is 18.8 Å². The van der Waals surface area contributed by atoms with Gasteiger partial charge >= 0.3 is 0 Å². The van der Waals surface area contributed by atoms with Crippen LogP contribution >= 0.6 is 11.6 Å². The SMILES string of the molecule is CC(C)c1ccc2nc(C(F)F)cc(Cl)c2c1. The lowest BCUT2D eigenvalue weighted by molar-refractivity contribution is 0.146. The predicted octanol–water partition coefficient (Wildman–Crippen LogP) is 4.95. The van der Waals surface area contributed by atoms with Crippen molar-refractivity contribution in [2.45, 2.75) is 26.2 Å². The summed E-state index contributed by atoms with van der Waals surface area (Å²) in [5, 5.41) is 1.05. The lowest BCUT2D eigenvalue weighted by Crippen LogP contribution is -1.93. The van der Waals surface area contributed by atoms with Crippen molar-refractivity contribution in [3.8, 4) is 0 Å². The summed E-state index contributed by atoms with van der Waals surface area (Å²) in [5.74, 6) is 0.366. The number of pyridine rings is 1. The maximum absolute atomic E-state index is 12.6. The molecule has 0 aliphatic rings. The number of hydrogen-bond donors (Lipinski definition) is 0. The highest BCUT2D eigenvalue weighted by Crippen LogP contribution is 2.29. The first-order chi connectivity index (χ1) is 7.99. The smallest absolute Gasteiger partial charge is 0.247 e. The maximum Gasteiger partial charge on any atom is 0.280 e. The third-order valence-electron chi connectivity index (χ3n) is 2.69. The Bertz CT molecular complexity index is 552. The Morgan fingerprint density at radius 3 is 2.47 bits per heavy atom. The van der Waals surface area contributed by atoms with E-state index in [9.17, 15) is 8.78 Å². The highest BCUT2D eigenvalue weighted by molar-refractivity contribution is 6.35. The summed E-state index contributed by atoms with van der Waals surface area (Å²) in [6.45, 7) is 4.13. The number of hydrogen-bond acceptors (Lipinski definition) is 1. The van der Waals surface area contributed by atoms with E-state index in [4.69, 9.17) is 11.6 Å². The molecular formula is C13H12ClF2N. The van der Waals surface area contributed by atoms with Crippen molar-refractivity contribution in [1.29, 1.82) is 0 Å². The van der Waals surface area contributed by atoms with Crippen molar-refractivity contribution in [3.05, 3.63) is 40.5 Å². The Balaban J connectivity index is 2.64. The van der Waals surface area contributed by atoms with Crippen LogP contribution in [0.15, 0.2) is 24.3 Å². The van der Waals surface area contributed by atoms with Crippen LogP contribution in [0.5, 0.6) is 0 Å². The van der Waals surface area contributed by atoms with Gasteiger partial charge in [0.15, 0.2) is 0 Å². The van der Waals surface area contributed by atoms with Crippen LogP contribution in [0, 0.1) is 0 Å². The van der Waals surface area contributed by atoms with Crippen LogP contribution < -0.4 is 0 Å². The molecule has 0 N–H and O–H groups in total. The van der Waals surface area contributed by atoms with Crippen LogP contribution in [0.4, 0.5) is 8.78 Å². The molecule has 0 fully saturated rings. The Hall–Kier alpha value is -1.22. The number of nitrogens with zero attached hydrogens (tertiary/aromatic N) is 1. The van der Waals surface area contributed by atoms with E-state index < -0.39 is 6.43 Å². The van der Waals surface area contributed by atoms with E-state index in [-0.39, 0.29) is 5.69 Å². The van der Waals surface area contributed by atoms with E-state index in [1.807, 2.05) is 12.1 Å². The fraction of sp³-hybridized carbons (Fsp3) is 0.308. The summed E-state index contributed by atoms with van der Waals surface area (Å²) < 4.78 is 25.1. The van der Waals surface area contributed by atoms with Gasteiger partial charge in [0, 0.05) is 5.39 Å². The summed E-state index contributed by atoms with van der Waals surface area (Å²) in [6, 6.07) is 6.78. The minimum atomic E-state index is -2.60.